The van der Waals surface area contributed by atoms with Crippen LogP contribution in [-0.2, 0) is 11.2 Å². The summed E-state index contributed by atoms with van der Waals surface area (Å²) in [5.74, 6) is -0.219. The van der Waals surface area contributed by atoms with Crippen LogP contribution in [-0.4, -0.2) is 19.3 Å². The van der Waals surface area contributed by atoms with Gasteiger partial charge in [-0.05, 0) is 43.5 Å². The number of ether oxygens (including phenoxy) is 1. The fourth-order valence-corrected chi connectivity index (χ4v) is 1.65. The van der Waals surface area contributed by atoms with Crippen LogP contribution in [0.4, 0.5) is 4.39 Å². The molecule has 0 radical (unpaired) electrons. The van der Waals surface area contributed by atoms with Crippen LogP contribution in [0.1, 0.15) is 18.1 Å². The van der Waals surface area contributed by atoms with Crippen molar-refractivity contribution in [2.24, 2.45) is 5.73 Å². The molecule has 0 amide bonds. The highest BCUT2D eigenvalue weighted by atomic mass is 19.1. The Hall–Kier alpha value is -0.930. The molecule has 15 heavy (non-hydrogen) atoms. The molecule has 2 N–H and O–H groups in total. The maximum absolute atomic E-state index is 13.0. The molecule has 1 rings (SSSR count). The highest BCUT2D eigenvalue weighted by Crippen LogP contribution is 2.16. The van der Waals surface area contributed by atoms with Gasteiger partial charge in [-0.25, -0.2) is 4.39 Å². The minimum Gasteiger partial charge on any atom is -0.383 e. The Morgan fingerprint density at radius 1 is 1.47 bits per heavy atom. The molecule has 3 heteroatoms. The molecule has 0 aromatic heterocycles. The van der Waals surface area contributed by atoms with Crippen LogP contribution in [0.25, 0.3) is 0 Å². The lowest BCUT2D eigenvalue weighted by atomic mass is 9.92. The highest BCUT2D eigenvalue weighted by molar-refractivity contribution is 5.28. The Morgan fingerprint density at radius 3 is 2.73 bits per heavy atom. The van der Waals surface area contributed by atoms with Crippen molar-refractivity contribution in [3.63, 3.8) is 0 Å². The third kappa shape index (κ3) is 3.61. The number of aryl methyl sites for hydroxylation is 1. The molecule has 1 atom stereocenters. The van der Waals surface area contributed by atoms with Crippen LogP contribution in [0.3, 0.4) is 0 Å². The molecule has 1 aromatic carbocycles. The van der Waals surface area contributed by atoms with Crippen LogP contribution in [0.15, 0.2) is 18.2 Å². The van der Waals surface area contributed by atoms with Gasteiger partial charge in [0, 0.05) is 12.6 Å². The average Bonchev–Trinajstić information content (AvgIpc) is 2.10. The first kappa shape index (κ1) is 12.1. The van der Waals surface area contributed by atoms with Gasteiger partial charge in [-0.1, -0.05) is 6.07 Å². The number of benzene rings is 1. The third-order valence-electron chi connectivity index (χ3n) is 2.38. The molecule has 0 fully saturated rings. The van der Waals surface area contributed by atoms with E-state index in [-0.39, 0.29) is 5.82 Å². The minimum absolute atomic E-state index is 0.219. The molecule has 0 saturated heterocycles. The Bertz CT molecular complexity index is 336. The Labute approximate surface area is 90.2 Å². The summed E-state index contributed by atoms with van der Waals surface area (Å²) in [6.07, 6.45) is 0.616. The molecular weight excluding hydrogens is 193 g/mol. The molecule has 0 aliphatic rings. The molecule has 1 aromatic rings. The molecule has 84 valence electrons. The zero-order valence-electron chi connectivity index (χ0n) is 9.51. The Morgan fingerprint density at radius 2 is 2.13 bits per heavy atom. The standard InChI is InChI=1S/C12H18FNO/c1-9-4-5-11(13)6-10(9)7-12(2,14)8-15-3/h4-6H,7-8,14H2,1-3H3. The predicted molar refractivity (Wildman–Crippen MR) is 59.3 cm³/mol. The first-order chi connectivity index (χ1) is 6.94. The second-order valence-corrected chi connectivity index (χ2v) is 4.33. The topological polar surface area (TPSA) is 35.2 Å². The molecule has 0 aliphatic carbocycles. The van der Waals surface area contributed by atoms with Gasteiger partial charge >= 0.3 is 0 Å². The zero-order chi connectivity index (χ0) is 11.5. The van der Waals surface area contributed by atoms with Crippen molar-refractivity contribution in [1.82, 2.24) is 0 Å². The number of hydrogen-bond donors (Lipinski definition) is 1. The molecule has 0 aliphatic heterocycles. The summed E-state index contributed by atoms with van der Waals surface area (Å²) >= 11 is 0. The fourth-order valence-electron chi connectivity index (χ4n) is 1.65. The SMILES string of the molecule is COCC(C)(N)Cc1cc(F)ccc1C. The molecule has 1 unspecified atom stereocenters. The average molecular weight is 211 g/mol. The summed E-state index contributed by atoms with van der Waals surface area (Å²) in [5.41, 5.74) is 7.58. The third-order valence-corrected chi connectivity index (χ3v) is 2.38. The van der Waals surface area contributed by atoms with E-state index in [2.05, 4.69) is 0 Å². The fraction of sp³-hybridized carbons (Fsp3) is 0.500. The summed E-state index contributed by atoms with van der Waals surface area (Å²) in [4.78, 5) is 0. The van der Waals surface area contributed by atoms with Gasteiger partial charge < -0.3 is 10.5 Å². The van der Waals surface area contributed by atoms with Crippen molar-refractivity contribution in [3.8, 4) is 0 Å². The number of hydrogen-bond acceptors (Lipinski definition) is 2. The number of rotatable bonds is 4. The normalized spacial score (nSPS) is 15.0. The summed E-state index contributed by atoms with van der Waals surface area (Å²) < 4.78 is 18.1. The van der Waals surface area contributed by atoms with Gasteiger partial charge in [-0.3, -0.25) is 0 Å². The van der Waals surface area contributed by atoms with Gasteiger partial charge in [-0.2, -0.15) is 0 Å². The summed E-state index contributed by atoms with van der Waals surface area (Å²) in [6.45, 7) is 4.32. The first-order valence-corrected chi connectivity index (χ1v) is 4.97. The lowest BCUT2D eigenvalue weighted by Crippen LogP contribution is -2.43. The van der Waals surface area contributed by atoms with E-state index >= 15 is 0 Å². The van der Waals surface area contributed by atoms with Gasteiger partial charge in [0.2, 0.25) is 0 Å². The van der Waals surface area contributed by atoms with E-state index in [1.165, 1.54) is 12.1 Å². The monoisotopic (exact) mass is 211 g/mol. The lowest BCUT2D eigenvalue weighted by molar-refractivity contribution is 0.141. The maximum Gasteiger partial charge on any atom is 0.123 e. The van der Waals surface area contributed by atoms with Crippen molar-refractivity contribution in [3.05, 3.63) is 35.1 Å². The van der Waals surface area contributed by atoms with Crippen LogP contribution in [0.2, 0.25) is 0 Å². The number of halogens is 1. The van der Waals surface area contributed by atoms with Gasteiger partial charge in [0.1, 0.15) is 5.82 Å². The quantitative estimate of drug-likeness (QED) is 0.827. The van der Waals surface area contributed by atoms with E-state index in [1.807, 2.05) is 13.8 Å². The molecule has 0 saturated carbocycles. The van der Waals surface area contributed by atoms with E-state index < -0.39 is 5.54 Å². The molecule has 2 nitrogen and oxygen atoms in total. The number of nitrogens with two attached hydrogens (primary N) is 1. The second kappa shape index (κ2) is 4.73. The maximum atomic E-state index is 13.0. The first-order valence-electron chi connectivity index (χ1n) is 4.97. The van der Waals surface area contributed by atoms with Crippen LogP contribution in [0.5, 0.6) is 0 Å². The van der Waals surface area contributed by atoms with E-state index in [4.69, 9.17) is 10.5 Å². The lowest BCUT2D eigenvalue weighted by Gasteiger charge is -2.24. The van der Waals surface area contributed by atoms with Crippen LogP contribution in [0, 0.1) is 12.7 Å². The van der Waals surface area contributed by atoms with E-state index in [0.717, 1.165) is 11.1 Å². The van der Waals surface area contributed by atoms with Crippen LogP contribution >= 0.6 is 0 Å². The van der Waals surface area contributed by atoms with E-state index in [9.17, 15) is 4.39 Å². The van der Waals surface area contributed by atoms with Gasteiger partial charge in [-0.15, -0.1) is 0 Å². The smallest absolute Gasteiger partial charge is 0.123 e. The Kier molecular flexibility index (Phi) is 3.83. The van der Waals surface area contributed by atoms with E-state index in [1.54, 1.807) is 13.2 Å². The Balaban J connectivity index is 2.83. The molecule has 0 heterocycles. The minimum atomic E-state index is -0.451. The van der Waals surface area contributed by atoms with Crippen molar-refractivity contribution < 1.29 is 9.13 Å². The van der Waals surface area contributed by atoms with Gasteiger partial charge in [0.25, 0.3) is 0 Å². The number of methoxy groups -OCH3 is 1. The van der Waals surface area contributed by atoms with Crippen molar-refractivity contribution in [2.75, 3.05) is 13.7 Å². The second-order valence-electron chi connectivity index (χ2n) is 4.33. The largest absolute Gasteiger partial charge is 0.383 e. The summed E-state index contributed by atoms with van der Waals surface area (Å²) in [6, 6.07) is 4.77. The van der Waals surface area contributed by atoms with Crippen LogP contribution < -0.4 is 5.73 Å². The molecule has 0 bridgehead atoms. The predicted octanol–water partition coefficient (Wildman–Crippen LogP) is 2.04. The van der Waals surface area contributed by atoms with Gasteiger partial charge in [0.15, 0.2) is 0 Å². The van der Waals surface area contributed by atoms with E-state index in [0.29, 0.717) is 13.0 Å². The zero-order valence-corrected chi connectivity index (χ0v) is 9.51. The van der Waals surface area contributed by atoms with Crippen molar-refractivity contribution in [2.45, 2.75) is 25.8 Å². The molecule has 0 spiro atoms. The van der Waals surface area contributed by atoms with Crippen molar-refractivity contribution in [1.29, 1.82) is 0 Å². The molecular formula is C12H18FNO. The summed E-state index contributed by atoms with van der Waals surface area (Å²) in [7, 11) is 1.61. The summed E-state index contributed by atoms with van der Waals surface area (Å²) in [5, 5.41) is 0. The highest BCUT2D eigenvalue weighted by Gasteiger charge is 2.19. The van der Waals surface area contributed by atoms with Crippen molar-refractivity contribution >= 4 is 0 Å². The van der Waals surface area contributed by atoms with Gasteiger partial charge in [0.05, 0.1) is 6.61 Å².